The minimum Gasteiger partial charge on any atom is -0.482 e. The predicted molar refractivity (Wildman–Crippen MR) is 107 cm³/mol. The van der Waals surface area contributed by atoms with Gasteiger partial charge in [0.2, 0.25) is 0 Å². The maximum absolute atomic E-state index is 12.0. The number of halogens is 2. The fourth-order valence-electron chi connectivity index (χ4n) is 2.29. The second kappa shape index (κ2) is 9.30. The Morgan fingerprint density at radius 3 is 2.54 bits per heavy atom. The number of rotatable bonds is 7. The summed E-state index contributed by atoms with van der Waals surface area (Å²) >= 11 is 11.9. The molecule has 3 aromatic rings. The molecule has 1 aromatic heterocycles. The number of furan rings is 1. The molecule has 0 bridgehead atoms. The van der Waals surface area contributed by atoms with Crippen molar-refractivity contribution in [1.82, 2.24) is 5.32 Å². The summed E-state index contributed by atoms with van der Waals surface area (Å²) in [6.07, 6.45) is 1.44. The monoisotopic (exact) mass is 418 g/mol. The van der Waals surface area contributed by atoms with Gasteiger partial charge in [-0.3, -0.25) is 9.59 Å². The quantitative estimate of drug-likeness (QED) is 0.590. The highest BCUT2D eigenvalue weighted by molar-refractivity contribution is 6.34. The van der Waals surface area contributed by atoms with E-state index in [1.807, 2.05) is 0 Å². The van der Waals surface area contributed by atoms with E-state index < -0.39 is 0 Å². The van der Waals surface area contributed by atoms with Crippen molar-refractivity contribution < 1.29 is 18.7 Å². The fourth-order valence-corrected chi connectivity index (χ4v) is 2.62. The van der Waals surface area contributed by atoms with Gasteiger partial charge in [-0.25, -0.2) is 0 Å². The Labute approximate surface area is 171 Å². The molecule has 0 fully saturated rings. The average Bonchev–Trinajstić information content (AvgIpc) is 3.23. The summed E-state index contributed by atoms with van der Waals surface area (Å²) in [6.45, 7) is 0.134. The summed E-state index contributed by atoms with van der Waals surface area (Å²) in [7, 11) is 0. The largest absolute Gasteiger partial charge is 0.482 e. The zero-order valence-electron chi connectivity index (χ0n) is 14.6. The van der Waals surface area contributed by atoms with Crippen molar-refractivity contribution in [3.05, 3.63) is 82.2 Å². The van der Waals surface area contributed by atoms with Crippen LogP contribution in [0.15, 0.2) is 65.3 Å². The molecule has 0 radical (unpaired) electrons. The lowest BCUT2D eigenvalue weighted by molar-refractivity contribution is -0.123. The fraction of sp³-hybridized carbons (Fsp3) is 0.100. The van der Waals surface area contributed by atoms with Crippen molar-refractivity contribution in [2.75, 3.05) is 11.9 Å². The van der Waals surface area contributed by atoms with E-state index in [0.29, 0.717) is 28.0 Å². The highest BCUT2D eigenvalue weighted by Gasteiger charge is 2.09. The molecule has 0 unspecified atom stereocenters. The number of benzene rings is 2. The van der Waals surface area contributed by atoms with Crippen molar-refractivity contribution in [3.63, 3.8) is 0 Å². The van der Waals surface area contributed by atoms with Crippen LogP contribution in [0, 0.1) is 0 Å². The average molecular weight is 419 g/mol. The molecule has 0 saturated carbocycles. The van der Waals surface area contributed by atoms with E-state index in [4.69, 9.17) is 32.4 Å². The number of carbonyl (C=O) groups excluding carboxylic acids is 2. The van der Waals surface area contributed by atoms with Gasteiger partial charge in [0.05, 0.1) is 11.3 Å². The molecule has 0 spiro atoms. The van der Waals surface area contributed by atoms with Gasteiger partial charge in [-0.2, -0.15) is 0 Å². The summed E-state index contributed by atoms with van der Waals surface area (Å²) in [6, 6.07) is 15.1. The maximum atomic E-state index is 12.0. The molecule has 1 heterocycles. The van der Waals surface area contributed by atoms with Crippen molar-refractivity contribution in [3.8, 4) is 5.75 Å². The lowest BCUT2D eigenvalue weighted by atomic mass is 10.2. The van der Waals surface area contributed by atoms with E-state index >= 15 is 0 Å². The zero-order valence-corrected chi connectivity index (χ0v) is 16.1. The van der Waals surface area contributed by atoms with Crippen LogP contribution in [0.3, 0.4) is 0 Å². The lowest BCUT2D eigenvalue weighted by Gasteiger charge is -2.10. The highest BCUT2D eigenvalue weighted by Crippen LogP contribution is 2.27. The van der Waals surface area contributed by atoms with Gasteiger partial charge in [-0.15, -0.1) is 0 Å². The third-order valence-electron chi connectivity index (χ3n) is 3.70. The molecule has 6 nitrogen and oxygen atoms in total. The summed E-state index contributed by atoms with van der Waals surface area (Å²) in [5.74, 6) is -0.0498. The summed E-state index contributed by atoms with van der Waals surface area (Å²) in [5, 5.41) is 6.32. The molecule has 28 heavy (non-hydrogen) atoms. The van der Waals surface area contributed by atoms with Crippen LogP contribution in [0.1, 0.15) is 16.1 Å². The minimum atomic E-state index is -0.331. The van der Waals surface area contributed by atoms with Crippen molar-refractivity contribution in [2.24, 2.45) is 0 Å². The number of nitrogens with one attached hydrogen (secondary N) is 2. The van der Waals surface area contributed by atoms with Crippen LogP contribution < -0.4 is 15.4 Å². The van der Waals surface area contributed by atoms with Crippen LogP contribution >= 0.6 is 23.2 Å². The van der Waals surface area contributed by atoms with Crippen LogP contribution in [0.2, 0.25) is 10.0 Å². The molecule has 0 aliphatic heterocycles. The van der Waals surface area contributed by atoms with Gasteiger partial charge in [-0.1, -0.05) is 35.3 Å². The van der Waals surface area contributed by atoms with Crippen LogP contribution in [-0.2, 0) is 11.3 Å². The molecule has 2 amide bonds. The maximum Gasteiger partial charge on any atom is 0.291 e. The van der Waals surface area contributed by atoms with Crippen LogP contribution in [0.25, 0.3) is 0 Å². The van der Waals surface area contributed by atoms with Gasteiger partial charge >= 0.3 is 0 Å². The van der Waals surface area contributed by atoms with Crippen molar-refractivity contribution in [1.29, 1.82) is 0 Å². The molecule has 0 aliphatic carbocycles. The first-order chi connectivity index (χ1) is 13.5. The van der Waals surface area contributed by atoms with Gasteiger partial charge in [0.25, 0.3) is 11.8 Å². The second-order valence-corrected chi connectivity index (χ2v) is 6.61. The number of anilines is 1. The van der Waals surface area contributed by atoms with E-state index in [9.17, 15) is 9.59 Å². The Hall–Kier alpha value is -2.96. The van der Waals surface area contributed by atoms with Gasteiger partial charge in [0.1, 0.15) is 5.75 Å². The Morgan fingerprint density at radius 2 is 1.82 bits per heavy atom. The van der Waals surface area contributed by atoms with E-state index in [0.717, 1.165) is 5.56 Å². The van der Waals surface area contributed by atoms with Crippen molar-refractivity contribution >= 4 is 40.7 Å². The van der Waals surface area contributed by atoms with Gasteiger partial charge in [-0.05, 0) is 42.0 Å². The normalized spacial score (nSPS) is 10.4. The SMILES string of the molecule is O=C(COc1cc(Cl)ccc1Cl)NCc1ccc(NC(=O)c2ccco2)cc1. The number of hydrogen-bond acceptors (Lipinski definition) is 4. The molecule has 0 saturated heterocycles. The molecule has 0 aliphatic rings. The number of hydrogen-bond donors (Lipinski definition) is 2. The van der Waals surface area contributed by atoms with Gasteiger partial charge in [0.15, 0.2) is 12.4 Å². The first kappa shape index (κ1) is 19.8. The molecule has 2 aromatic carbocycles. The summed E-state index contributed by atoms with van der Waals surface area (Å²) in [4.78, 5) is 23.9. The number of ether oxygens (including phenoxy) is 1. The van der Waals surface area contributed by atoms with Crippen LogP contribution in [-0.4, -0.2) is 18.4 Å². The molecular formula is C20H16Cl2N2O4. The van der Waals surface area contributed by atoms with E-state index in [2.05, 4.69) is 10.6 Å². The first-order valence-electron chi connectivity index (χ1n) is 8.29. The highest BCUT2D eigenvalue weighted by atomic mass is 35.5. The molecule has 3 rings (SSSR count). The van der Waals surface area contributed by atoms with E-state index in [1.165, 1.54) is 6.26 Å². The molecule has 144 valence electrons. The van der Waals surface area contributed by atoms with Crippen LogP contribution in [0.5, 0.6) is 5.75 Å². The van der Waals surface area contributed by atoms with Gasteiger partial charge in [0, 0.05) is 23.3 Å². The van der Waals surface area contributed by atoms with Gasteiger partial charge < -0.3 is 19.8 Å². The predicted octanol–water partition coefficient (Wildman–Crippen LogP) is 4.53. The molecular weight excluding hydrogens is 403 g/mol. The van der Waals surface area contributed by atoms with Crippen molar-refractivity contribution in [2.45, 2.75) is 6.54 Å². The lowest BCUT2D eigenvalue weighted by Crippen LogP contribution is -2.28. The smallest absolute Gasteiger partial charge is 0.291 e. The third kappa shape index (κ3) is 5.52. The second-order valence-electron chi connectivity index (χ2n) is 5.77. The minimum absolute atomic E-state index is 0.183. The molecule has 8 heteroatoms. The Bertz CT molecular complexity index is 957. The Kier molecular flexibility index (Phi) is 6.57. The third-order valence-corrected chi connectivity index (χ3v) is 4.25. The Balaban J connectivity index is 1.46. The molecule has 0 atom stereocenters. The van der Waals surface area contributed by atoms with E-state index in [1.54, 1.807) is 54.6 Å². The summed E-state index contributed by atoms with van der Waals surface area (Å²) in [5.41, 5.74) is 1.49. The number of amides is 2. The summed E-state index contributed by atoms with van der Waals surface area (Å²) < 4.78 is 10.4. The zero-order chi connectivity index (χ0) is 19.9. The standard InChI is InChI=1S/C20H16Cl2N2O4/c21-14-5-8-16(22)18(10-14)28-12-19(25)23-11-13-3-6-15(7-4-13)24-20(26)17-2-1-9-27-17/h1-10H,11-12H2,(H,23,25)(H,24,26). The first-order valence-corrected chi connectivity index (χ1v) is 9.05. The number of carbonyl (C=O) groups is 2. The van der Waals surface area contributed by atoms with Crippen LogP contribution in [0.4, 0.5) is 5.69 Å². The molecule has 2 N–H and O–H groups in total. The topological polar surface area (TPSA) is 80.6 Å². The Morgan fingerprint density at radius 1 is 1.04 bits per heavy atom. The van der Waals surface area contributed by atoms with E-state index in [-0.39, 0.29) is 24.2 Å².